The van der Waals surface area contributed by atoms with Crippen LogP contribution in [0, 0.1) is 0 Å². The molecule has 1 aromatic carbocycles. The van der Waals surface area contributed by atoms with Gasteiger partial charge in [-0.2, -0.15) is 0 Å². The van der Waals surface area contributed by atoms with Crippen LogP contribution in [-0.4, -0.2) is 19.9 Å². The third kappa shape index (κ3) is 1.85. The number of aromatic hydroxyl groups is 1. The van der Waals surface area contributed by atoms with Crippen LogP contribution >= 0.6 is 11.6 Å². The smallest absolute Gasteiger partial charge is 0.332 e. The van der Waals surface area contributed by atoms with Crippen molar-refractivity contribution in [3.63, 3.8) is 0 Å². The molecule has 2 aromatic rings. The fourth-order valence-corrected chi connectivity index (χ4v) is 1.45. The molecule has 0 saturated heterocycles. The van der Waals surface area contributed by atoms with Crippen molar-refractivity contribution in [2.24, 2.45) is 0 Å². The van der Waals surface area contributed by atoms with Gasteiger partial charge in [0.15, 0.2) is 0 Å². The number of hydrogen-bond acceptors (Lipinski definition) is 3. The molecular weight excluding hydrogens is 232 g/mol. The molecule has 0 aliphatic carbocycles. The van der Waals surface area contributed by atoms with Gasteiger partial charge in [0.2, 0.25) is 5.88 Å². The van der Waals surface area contributed by atoms with Gasteiger partial charge < -0.3 is 5.11 Å². The van der Waals surface area contributed by atoms with Gasteiger partial charge in [0.25, 0.3) is 5.24 Å². The first-order chi connectivity index (χ1) is 7.58. The molecule has 1 aromatic heterocycles. The number of rotatable bonds is 2. The third-order valence-electron chi connectivity index (χ3n) is 2.08. The summed E-state index contributed by atoms with van der Waals surface area (Å²) in [5.41, 5.74) is 0.420. The molecule has 0 fully saturated rings. The fraction of sp³-hybridized carbons (Fsp3) is 0. The van der Waals surface area contributed by atoms with Crippen molar-refractivity contribution in [1.29, 1.82) is 0 Å². The Bertz CT molecular complexity index is 583. The van der Waals surface area contributed by atoms with E-state index in [1.807, 2.05) is 0 Å². The number of imidazole rings is 1. The highest BCUT2D eigenvalue weighted by molar-refractivity contribution is 6.67. The van der Waals surface area contributed by atoms with E-state index in [1.54, 1.807) is 12.1 Å². The molecule has 6 heteroatoms. The Balaban J connectivity index is 2.46. The topological polar surface area (TPSA) is 75.1 Å². The molecule has 2 N–H and O–H groups in total. The number of carbonyl (C=O) groups excluding carboxylic acids is 1. The van der Waals surface area contributed by atoms with Crippen LogP contribution in [0.3, 0.4) is 0 Å². The van der Waals surface area contributed by atoms with Crippen molar-refractivity contribution in [2.75, 3.05) is 0 Å². The molecule has 0 saturated carbocycles. The van der Waals surface area contributed by atoms with E-state index in [0.717, 1.165) is 0 Å². The molecule has 1 heterocycles. The quantitative estimate of drug-likeness (QED) is 0.774. The summed E-state index contributed by atoms with van der Waals surface area (Å²) >= 11 is 5.28. The maximum Gasteiger partial charge on any atom is 0.332 e. The minimum atomic E-state index is -0.559. The first kappa shape index (κ1) is 10.5. The van der Waals surface area contributed by atoms with Crippen LogP contribution in [0.2, 0.25) is 0 Å². The molecule has 0 spiro atoms. The number of nitrogens with one attached hydrogen (secondary N) is 1. The van der Waals surface area contributed by atoms with E-state index in [4.69, 9.17) is 16.7 Å². The molecule has 0 unspecified atom stereocenters. The van der Waals surface area contributed by atoms with Crippen LogP contribution in [0.4, 0.5) is 0 Å². The van der Waals surface area contributed by atoms with Gasteiger partial charge in [0, 0.05) is 5.56 Å². The lowest BCUT2D eigenvalue weighted by Gasteiger charge is -2.00. The SMILES string of the molecule is O=C(Cl)c1ccc(-n2cc(O)[nH]c2=O)cc1. The minimum Gasteiger partial charge on any atom is -0.493 e. The highest BCUT2D eigenvalue weighted by atomic mass is 35.5. The summed E-state index contributed by atoms with van der Waals surface area (Å²) in [6.45, 7) is 0. The maximum absolute atomic E-state index is 11.3. The first-order valence-electron chi connectivity index (χ1n) is 4.39. The van der Waals surface area contributed by atoms with Crippen molar-refractivity contribution in [1.82, 2.24) is 9.55 Å². The predicted octanol–water partition coefficient (Wildman–Crippen LogP) is 1.25. The zero-order chi connectivity index (χ0) is 11.7. The molecule has 0 bridgehead atoms. The second kappa shape index (κ2) is 3.86. The Morgan fingerprint density at radius 1 is 1.31 bits per heavy atom. The lowest BCUT2D eigenvalue weighted by atomic mass is 10.2. The average molecular weight is 239 g/mol. The lowest BCUT2D eigenvalue weighted by Crippen LogP contribution is -2.13. The number of nitrogens with zero attached hydrogens (tertiary/aromatic N) is 1. The second-order valence-electron chi connectivity index (χ2n) is 3.14. The molecule has 5 nitrogen and oxygen atoms in total. The maximum atomic E-state index is 11.3. The summed E-state index contributed by atoms with van der Waals surface area (Å²) in [6, 6.07) is 6.12. The number of H-pyrrole nitrogens is 1. The van der Waals surface area contributed by atoms with Gasteiger partial charge in [0.1, 0.15) is 0 Å². The van der Waals surface area contributed by atoms with Gasteiger partial charge in [-0.15, -0.1) is 0 Å². The van der Waals surface area contributed by atoms with Crippen LogP contribution in [0.1, 0.15) is 10.4 Å². The molecule has 0 aliphatic rings. The van der Waals surface area contributed by atoms with E-state index in [9.17, 15) is 9.59 Å². The van der Waals surface area contributed by atoms with Crippen LogP contribution in [-0.2, 0) is 0 Å². The zero-order valence-corrected chi connectivity index (χ0v) is 8.73. The number of aromatic amines is 1. The van der Waals surface area contributed by atoms with E-state index in [-0.39, 0.29) is 5.88 Å². The zero-order valence-electron chi connectivity index (χ0n) is 7.98. The average Bonchev–Trinajstić information content (AvgIpc) is 2.58. The van der Waals surface area contributed by atoms with Crippen LogP contribution < -0.4 is 5.69 Å². The largest absolute Gasteiger partial charge is 0.493 e. The van der Waals surface area contributed by atoms with Gasteiger partial charge in [-0.25, -0.2) is 4.79 Å². The number of carbonyl (C=O) groups is 1. The van der Waals surface area contributed by atoms with Crippen LogP contribution in [0.5, 0.6) is 5.88 Å². The van der Waals surface area contributed by atoms with Crippen molar-refractivity contribution in [3.8, 4) is 11.6 Å². The van der Waals surface area contributed by atoms with E-state index in [0.29, 0.717) is 11.3 Å². The first-order valence-corrected chi connectivity index (χ1v) is 4.76. The summed E-state index contributed by atoms with van der Waals surface area (Å²) in [4.78, 5) is 24.3. The Labute approximate surface area is 94.9 Å². The van der Waals surface area contributed by atoms with Gasteiger partial charge >= 0.3 is 5.69 Å². The Hall–Kier alpha value is -2.01. The molecule has 82 valence electrons. The highest BCUT2D eigenvalue weighted by Gasteiger charge is 2.05. The monoisotopic (exact) mass is 238 g/mol. The summed E-state index contributed by atoms with van der Waals surface area (Å²) in [6.07, 6.45) is 1.25. The summed E-state index contributed by atoms with van der Waals surface area (Å²) in [7, 11) is 0. The number of benzene rings is 1. The van der Waals surface area contributed by atoms with E-state index in [2.05, 4.69) is 4.98 Å². The van der Waals surface area contributed by atoms with Gasteiger partial charge in [-0.05, 0) is 35.9 Å². The third-order valence-corrected chi connectivity index (χ3v) is 2.30. The highest BCUT2D eigenvalue weighted by Crippen LogP contribution is 2.11. The summed E-state index contributed by atoms with van der Waals surface area (Å²) in [5.74, 6) is -0.220. The normalized spacial score (nSPS) is 10.3. The molecular formula is C10H7ClN2O3. The molecule has 0 atom stereocenters. The number of hydrogen-bond donors (Lipinski definition) is 2. The van der Waals surface area contributed by atoms with Crippen molar-refractivity contribution in [2.45, 2.75) is 0 Å². The predicted molar refractivity (Wildman–Crippen MR) is 58.2 cm³/mol. The van der Waals surface area contributed by atoms with Gasteiger partial charge in [-0.1, -0.05) is 0 Å². The van der Waals surface area contributed by atoms with Crippen molar-refractivity contribution in [3.05, 3.63) is 46.5 Å². The lowest BCUT2D eigenvalue weighted by molar-refractivity contribution is 0.108. The molecule has 16 heavy (non-hydrogen) atoms. The van der Waals surface area contributed by atoms with Crippen molar-refractivity contribution < 1.29 is 9.90 Å². The number of halogens is 1. The molecule has 0 aliphatic heterocycles. The Morgan fingerprint density at radius 2 is 1.94 bits per heavy atom. The van der Waals surface area contributed by atoms with E-state index >= 15 is 0 Å². The van der Waals surface area contributed by atoms with Crippen LogP contribution in [0.15, 0.2) is 35.3 Å². The summed E-state index contributed by atoms with van der Waals surface area (Å²) in [5, 5.41) is 8.53. The second-order valence-corrected chi connectivity index (χ2v) is 3.48. The molecule has 0 amide bonds. The van der Waals surface area contributed by atoms with Crippen LogP contribution in [0.25, 0.3) is 5.69 Å². The van der Waals surface area contributed by atoms with E-state index < -0.39 is 10.9 Å². The summed E-state index contributed by atoms with van der Waals surface area (Å²) < 4.78 is 1.22. The van der Waals surface area contributed by atoms with Gasteiger partial charge in [-0.3, -0.25) is 14.3 Å². The Kier molecular flexibility index (Phi) is 2.54. The van der Waals surface area contributed by atoms with Crippen molar-refractivity contribution >= 4 is 16.8 Å². The van der Waals surface area contributed by atoms with Gasteiger partial charge in [0.05, 0.1) is 11.9 Å². The fourth-order valence-electron chi connectivity index (χ4n) is 1.33. The molecule has 0 radical (unpaired) electrons. The number of aromatic nitrogens is 2. The molecule has 2 rings (SSSR count). The standard InChI is InChI=1S/C10H7ClN2O3/c11-9(15)6-1-3-7(4-2-6)13-5-8(14)12-10(13)16/h1-5,14H,(H,12,16). The van der Waals surface area contributed by atoms with E-state index in [1.165, 1.54) is 22.9 Å². The minimum absolute atomic E-state index is 0.220. The Morgan fingerprint density at radius 3 is 2.38 bits per heavy atom.